The van der Waals surface area contributed by atoms with E-state index in [0.29, 0.717) is 16.3 Å². The first kappa shape index (κ1) is 10.6. The zero-order valence-corrected chi connectivity index (χ0v) is 9.86. The van der Waals surface area contributed by atoms with E-state index < -0.39 is 9.84 Å². The maximum atomic E-state index is 11.7. The monoisotopic (exact) mass is 241 g/mol. The molecule has 0 fully saturated rings. The first-order valence-electron chi connectivity index (χ1n) is 4.39. The maximum Gasteiger partial charge on any atom is 0.200 e. The van der Waals surface area contributed by atoms with Gasteiger partial charge in [0.2, 0.25) is 9.84 Å². The van der Waals surface area contributed by atoms with Gasteiger partial charge in [-0.2, -0.15) is 11.8 Å². The molecule has 1 aromatic rings. The SMILES string of the molecule is CSCC1=CS(=O)(=O)c2ccc(N)cc21. The Morgan fingerprint density at radius 1 is 1.40 bits per heavy atom. The second-order valence-electron chi connectivity index (χ2n) is 3.38. The second kappa shape index (κ2) is 3.57. The summed E-state index contributed by atoms with van der Waals surface area (Å²) in [5.74, 6) is 0.690. The summed E-state index contributed by atoms with van der Waals surface area (Å²) in [4.78, 5) is 0.376. The third-order valence-corrected chi connectivity index (χ3v) is 4.42. The van der Waals surface area contributed by atoms with E-state index >= 15 is 0 Å². The number of hydrogen-bond acceptors (Lipinski definition) is 4. The van der Waals surface area contributed by atoms with Crippen molar-refractivity contribution in [2.45, 2.75) is 4.90 Å². The summed E-state index contributed by atoms with van der Waals surface area (Å²) < 4.78 is 23.4. The number of thioether (sulfide) groups is 1. The summed E-state index contributed by atoms with van der Waals surface area (Å²) in [6.07, 6.45) is 1.94. The van der Waals surface area contributed by atoms with Crippen molar-refractivity contribution in [1.82, 2.24) is 0 Å². The fourth-order valence-corrected chi connectivity index (χ4v) is 3.75. The largest absolute Gasteiger partial charge is 0.399 e. The normalized spacial score (nSPS) is 17.3. The van der Waals surface area contributed by atoms with Crippen LogP contribution in [0, 0.1) is 0 Å². The van der Waals surface area contributed by atoms with Gasteiger partial charge in [-0.15, -0.1) is 0 Å². The molecule has 0 unspecified atom stereocenters. The van der Waals surface area contributed by atoms with Crippen LogP contribution in [0.25, 0.3) is 5.57 Å². The highest BCUT2D eigenvalue weighted by Crippen LogP contribution is 2.35. The second-order valence-corrected chi connectivity index (χ2v) is 6.01. The first-order chi connectivity index (χ1) is 7.04. The Labute approximate surface area is 93.3 Å². The number of anilines is 1. The molecule has 0 atom stereocenters. The fourth-order valence-electron chi connectivity index (χ4n) is 1.63. The van der Waals surface area contributed by atoms with Gasteiger partial charge in [-0.05, 0) is 30.0 Å². The fraction of sp³-hybridized carbons (Fsp3) is 0.200. The van der Waals surface area contributed by atoms with Gasteiger partial charge in [0.05, 0.1) is 4.90 Å². The van der Waals surface area contributed by atoms with E-state index in [0.717, 1.165) is 11.1 Å². The van der Waals surface area contributed by atoms with Crippen LogP contribution >= 0.6 is 11.8 Å². The van der Waals surface area contributed by atoms with Gasteiger partial charge in [0, 0.05) is 22.4 Å². The minimum absolute atomic E-state index is 0.376. The van der Waals surface area contributed by atoms with Gasteiger partial charge in [-0.25, -0.2) is 8.42 Å². The number of nitrogens with two attached hydrogens (primary N) is 1. The van der Waals surface area contributed by atoms with Crippen LogP contribution in [0.3, 0.4) is 0 Å². The van der Waals surface area contributed by atoms with Crippen LogP contribution in [-0.2, 0) is 9.84 Å². The van der Waals surface area contributed by atoms with Gasteiger partial charge in [0.1, 0.15) is 0 Å². The van der Waals surface area contributed by atoms with Crippen molar-refractivity contribution in [3.05, 3.63) is 29.2 Å². The van der Waals surface area contributed by atoms with Gasteiger partial charge in [-0.1, -0.05) is 0 Å². The van der Waals surface area contributed by atoms with Gasteiger partial charge < -0.3 is 5.73 Å². The summed E-state index contributed by atoms with van der Waals surface area (Å²) in [7, 11) is -3.22. The van der Waals surface area contributed by atoms with E-state index in [2.05, 4.69) is 0 Å². The van der Waals surface area contributed by atoms with Crippen molar-refractivity contribution < 1.29 is 8.42 Å². The summed E-state index contributed by atoms with van der Waals surface area (Å²) in [5, 5.41) is 1.34. The van der Waals surface area contributed by atoms with E-state index in [-0.39, 0.29) is 0 Å². The molecule has 2 N–H and O–H groups in total. The molecule has 1 aromatic carbocycles. The highest BCUT2D eigenvalue weighted by Gasteiger charge is 2.26. The van der Waals surface area contributed by atoms with Crippen molar-refractivity contribution in [3.8, 4) is 0 Å². The van der Waals surface area contributed by atoms with Crippen molar-refractivity contribution in [3.63, 3.8) is 0 Å². The van der Waals surface area contributed by atoms with Gasteiger partial charge in [-0.3, -0.25) is 0 Å². The molecule has 0 saturated carbocycles. The molecular weight excluding hydrogens is 230 g/mol. The lowest BCUT2D eigenvalue weighted by Gasteiger charge is -2.03. The number of rotatable bonds is 2. The van der Waals surface area contributed by atoms with Crippen LogP contribution in [0.5, 0.6) is 0 Å². The predicted octanol–water partition coefficient (Wildman–Crippen LogP) is 1.76. The lowest BCUT2D eigenvalue weighted by Crippen LogP contribution is -1.95. The minimum Gasteiger partial charge on any atom is -0.399 e. The summed E-state index contributed by atoms with van der Waals surface area (Å²) in [6, 6.07) is 4.91. The lowest BCUT2D eigenvalue weighted by atomic mass is 10.1. The molecule has 2 rings (SSSR count). The topological polar surface area (TPSA) is 60.2 Å². The van der Waals surface area contributed by atoms with E-state index in [4.69, 9.17) is 5.73 Å². The zero-order chi connectivity index (χ0) is 11.1. The van der Waals surface area contributed by atoms with Crippen LogP contribution in [0.15, 0.2) is 28.5 Å². The van der Waals surface area contributed by atoms with Crippen LogP contribution in [0.4, 0.5) is 5.69 Å². The minimum atomic E-state index is -3.22. The average molecular weight is 241 g/mol. The van der Waals surface area contributed by atoms with Gasteiger partial charge in [0.25, 0.3) is 0 Å². The maximum absolute atomic E-state index is 11.7. The van der Waals surface area contributed by atoms with Crippen LogP contribution in [0.1, 0.15) is 5.56 Å². The molecule has 0 radical (unpaired) electrons. The van der Waals surface area contributed by atoms with E-state index in [9.17, 15) is 8.42 Å². The molecule has 0 saturated heterocycles. The van der Waals surface area contributed by atoms with Crippen molar-refractivity contribution >= 4 is 32.9 Å². The van der Waals surface area contributed by atoms with Crippen LogP contribution in [-0.4, -0.2) is 20.4 Å². The standard InChI is InChI=1S/C10H11NO2S2/c1-14-5-7-6-15(12,13)10-3-2-8(11)4-9(7)10/h2-4,6H,5,11H2,1H3. The molecular formula is C10H11NO2S2. The molecule has 5 heteroatoms. The van der Waals surface area contributed by atoms with Crippen LogP contribution < -0.4 is 5.73 Å². The zero-order valence-electron chi connectivity index (χ0n) is 8.23. The first-order valence-corrected chi connectivity index (χ1v) is 7.33. The molecule has 0 amide bonds. The Balaban J connectivity index is 2.63. The number of fused-ring (bicyclic) bond motifs is 1. The van der Waals surface area contributed by atoms with Gasteiger partial charge >= 0.3 is 0 Å². The molecule has 80 valence electrons. The Morgan fingerprint density at radius 2 is 2.13 bits per heavy atom. The summed E-state index contributed by atoms with van der Waals surface area (Å²) >= 11 is 1.60. The number of nitrogen functional groups attached to an aromatic ring is 1. The Morgan fingerprint density at radius 3 is 2.80 bits per heavy atom. The molecule has 3 nitrogen and oxygen atoms in total. The molecule has 1 aliphatic heterocycles. The molecule has 0 bridgehead atoms. The van der Waals surface area contributed by atoms with E-state index in [1.165, 1.54) is 5.41 Å². The molecule has 0 spiro atoms. The molecule has 0 aromatic heterocycles. The Bertz CT molecular complexity index is 532. The molecule has 15 heavy (non-hydrogen) atoms. The smallest absolute Gasteiger partial charge is 0.200 e. The Hall–Kier alpha value is -0.940. The van der Waals surface area contributed by atoms with E-state index in [1.807, 2.05) is 6.26 Å². The summed E-state index contributed by atoms with van der Waals surface area (Å²) in [5.41, 5.74) is 7.84. The van der Waals surface area contributed by atoms with Crippen molar-refractivity contribution in [1.29, 1.82) is 0 Å². The van der Waals surface area contributed by atoms with Gasteiger partial charge in [0.15, 0.2) is 0 Å². The highest BCUT2D eigenvalue weighted by molar-refractivity contribution is 7.99. The highest BCUT2D eigenvalue weighted by atomic mass is 32.2. The molecule has 1 aliphatic rings. The number of benzene rings is 1. The lowest BCUT2D eigenvalue weighted by molar-refractivity contribution is 0.605. The Kier molecular flexibility index (Phi) is 2.52. The third kappa shape index (κ3) is 1.77. The van der Waals surface area contributed by atoms with Crippen molar-refractivity contribution in [2.24, 2.45) is 0 Å². The predicted molar refractivity (Wildman–Crippen MR) is 64.4 cm³/mol. The molecule has 0 aliphatic carbocycles. The van der Waals surface area contributed by atoms with E-state index in [1.54, 1.807) is 30.0 Å². The average Bonchev–Trinajstić information content (AvgIpc) is 2.39. The quantitative estimate of drug-likeness (QED) is 0.801. The van der Waals surface area contributed by atoms with Crippen molar-refractivity contribution in [2.75, 3.05) is 17.7 Å². The molecule has 1 heterocycles. The number of hydrogen-bond donors (Lipinski definition) is 1. The van der Waals surface area contributed by atoms with Crippen LogP contribution in [0.2, 0.25) is 0 Å². The third-order valence-electron chi connectivity index (χ3n) is 2.25. The number of sulfone groups is 1. The summed E-state index contributed by atoms with van der Waals surface area (Å²) in [6.45, 7) is 0.